The summed E-state index contributed by atoms with van der Waals surface area (Å²) in [5, 5.41) is 2.54. The number of carbonyl (C=O) groups excluding carboxylic acids is 2. The van der Waals surface area contributed by atoms with Gasteiger partial charge in [0.15, 0.2) is 5.88 Å². The molecule has 5 rings (SSSR count). The molecule has 1 aliphatic carbocycles. The lowest BCUT2D eigenvalue weighted by atomic mass is 10.2. The van der Waals surface area contributed by atoms with E-state index in [2.05, 4.69) is 11.9 Å². The smallest absolute Gasteiger partial charge is 0.250 e. The van der Waals surface area contributed by atoms with Crippen molar-refractivity contribution in [3.05, 3.63) is 53.8 Å². The van der Waals surface area contributed by atoms with Crippen LogP contribution in [0.3, 0.4) is 0 Å². The lowest BCUT2D eigenvalue weighted by molar-refractivity contribution is -0.119. The fourth-order valence-corrected chi connectivity index (χ4v) is 5.44. The quantitative estimate of drug-likeness (QED) is 0.739. The van der Waals surface area contributed by atoms with Crippen LogP contribution < -0.4 is 10.2 Å². The molecule has 8 nitrogen and oxygen atoms in total. The summed E-state index contributed by atoms with van der Waals surface area (Å²) in [5.74, 6) is 0.680. The number of hydrogen-bond acceptors (Lipinski definition) is 5. The topological polar surface area (TPSA) is 99.9 Å². The molecule has 0 radical (unpaired) electrons. The van der Waals surface area contributed by atoms with E-state index in [0.717, 1.165) is 35.7 Å². The average Bonchev–Trinajstić information content (AvgIpc) is 3.20. The number of carbonyl (C=O) groups is 2. The van der Waals surface area contributed by atoms with E-state index in [1.54, 1.807) is 29.2 Å². The van der Waals surface area contributed by atoms with Crippen LogP contribution in [-0.2, 0) is 39.1 Å². The van der Waals surface area contributed by atoms with Gasteiger partial charge >= 0.3 is 0 Å². The number of benzene rings is 1. The zero-order valence-corrected chi connectivity index (χ0v) is 17.1. The number of rotatable bonds is 5. The number of anilines is 2. The third-order valence-corrected chi connectivity index (χ3v) is 7.56. The molecular weight excluding hydrogens is 406 g/mol. The molecule has 1 fully saturated rings. The van der Waals surface area contributed by atoms with Gasteiger partial charge in [0.1, 0.15) is 5.76 Å². The molecule has 0 saturated heterocycles. The molecule has 1 N–H and O–H groups in total. The second kappa shape index (κ2) is 6.82. The standard InChI is InChI=1S/C21H21N3O5S/c1-2-19(25)22-20-10-15-11-23(12-18(15)29-20)30(27,28)16-5-6-17-14(9-16)7-8-24(17)21(26)13-3-4-13/h2,5-6,9-10,13H,1,3-4,7-8,11-12H2,(H,22,25). The number of sulfonamides is 1. The third kappa shape index (κ3) is 3.14. The molecule has 0 atom stereocenters. The van der Waals surface area contributed by atoms with Gasteiger partial charge < -0.3 is 9.32 Å². The van der Waals surface area contributed by atoms with Crippen LogP contribution in [0.2, 0.25) is 0 Å². The summed E-state index contributed by atoms with van der Waals surface area (Å²) in [5.41, 5.74) is 2.43. The Kier molecular flexibility index (Phi) is 4.33. The van der Waals surface area contributed by atoms with E-state index in [0.29, 0.717) is 18.7 Å². The second-order valence-corrected chi connectivity index (χ2v) is 9.77. The highest BCUT2D eigenvalue weighted by atomic mass is 32.2. The van der Waals surface area contributed by atoms with Gasteiger partial charge in [-0.3, -0.25) is 14.9 Å². The molecule has 0 spiro atoms. The Morgan fingerprint density at radius 3 is 2.67 bits per heavy atom. The van der Waals surface area contributed by atoms with Crippen LogP contribution >= 0.6 is 0 Å². The Balaban J connectivity index is 1.34. The first-order valence-electron chi connectivity index (χ1n) is 9.86. The lowest BCUT2D eigenvalue weighted by Crippen LogP contribution is -2.30. The van der Waals surface area contributed by atoms with Gasteiger partial charge in [0, 0.05) is 36.3 Å². The van der Waals surface area contributed by atoms with Crippen molar-refractivity contribution in [2.24, 2.45) is 5.92 Å². The number of amides is 2. The van der Waals surface area contributed by atoms with Crippen molar-refractivity contribution in [2.45, 2.75) is 37.2 Å². The number of nitrogens with zero attached hydrogens (tertiary/aromatic N) is 2. The van der Waals surface area contributed by atoms with Crippen LogP contribution in [-0.4, -0.2) is 31.1 Å². The number of hydrogen-bond donors (Lipinski definition) is 1. The van der Waals surface area contributed by atoms with Crippen molar-refractivity contribution in [1.29, 1.82) is 0 Å². The minimum atomic E-state index is -3.71. The van der Waals surface area contributed by atoms with Crippen molar-refractivity contribution in [1.82, 2.24) is 4.31 Å². The zero-order chi connectivity index (χ0) is 21.0. The summed E-state index contributed by atoms with van der Waals surface area (Å²) in [6.07, 6.45) is 3.68. The van der Waals surface area contributed by atoms with Gasteiger partial charge in [-0.25, -0.2) is 8.42 Å². The van der Waals surface area contributed by atoms with Crippen molar-refractivity contribution in [3.63, 3.8) is 0 Å². The van der Waals surface area contributed by atoms with Crippen LogP contribution in [0.5, 0.6) is 0 Å². The fourth-order valence-electron chi connectivity index (χ4n) is 4.01. The van der Waals surface area contributed by atoms with Crippen LogP contribution in [0.4, 0.5) is 11.6 Å². The van der Waals surface area contributed by atoms with Gasteiger partial charge in [-0.1, -0.05) is 6.58 Å². The minimum absolute atomic E-state index is 0.102. The Morgan fingerprint density at radius 1 is 1.17 bits per heavy atom. The molecule has 3 heterocycles. The van der Waals surface area contributed by atoms with E-state index in [4.69, 9.17) is 4.42 Å². The predicted molar refractivity (Wildman–Crippen MR) is 109 cm³/mol. The number of fused-ring (bicyclic) bond motifs is 2. The maximum Gasteiger partial charge on any atom is 0.250 e. The molecule has 2 amide bonds. The van der Waals surface area contributed by atoms with Crippen molar-refractivity contribution >= 4 is 33.4 Å². The molecule has 0 bridgehead atoms. The summed E-state index contributed by atoms with van der Waals surface area (Å²) in [6, 6.07) is 6.63. The summed E-state index contributed by atoms with van der Waals surface area (Å²) in [4.78, 5) is 25.8. The Morgan fingerprint density at radius 2 is 1.97 bits per heavy atom. The summed E-state index contributed by atoms with van der Waals surface area (Å²) in [6.45, 7) is 4.27. The van der Waals surface area contributed by atoms with Crippen molar-refractivity contribution < 1.29 is 22.4 Å². The van der Waals surface area contributed by atoms with Crippen LogP contribution in [0.15, 0.2) is 46.2 Å². The molecule has 3 aliphatic rings. The normalized spacial score (nSPS) is 18.2. The Labute approximate surface area is 174 Å². The van der Waals surface area contributed by atoms with E-state index in [1.165, 1.54) is 4.31 Å². The molecule has 1 aromatic carbocycles. The van der Waals surface area contributed by atoms with E-state index < -0.39 is 10.0 Å². The predicted octanol–water partition coefficient (Wildman–Crippen LogP) is 2.41. The zero-order valence-electron chi connectivity index (χ0n) is 16.3. The molecular formula is C21H21N3O5S. The van der Waals surface area contributed by atoms with Crippen LogP contribution in [0, 0.1) is 5.92 Å². The van der Waals surface area contributed by atoms with Gasteiger partial charge in [-0.05, 0) is 49.1 Å². The lowest BCUT2D eigenvalue weighted by Gasteiger charge is -2.19. The first kappa shape index (κ1) is 19.1. The van der Waals surface area contributed by atoms with Crippen molar-refractivity contribution in [2.75, 3.05) is 16.8 Å². The highest BCUT2D eigenvalue weighted by Crippen LogP contribution is 2.38. The largest absolute Gasteiger partial charge is 0.444 e. The number of furan rings is 1. The van der Waals surface area contributed by atoms with Crippen molar-refractivity contribution in [3.8, 4) is 0 Å². The van der Waals surface area contributed by atoms with Crippen LogP contribution in [0.1, 0.15) is 29.7 Å². The SMILES string of the molecule is C=CC(=O)Nc1cc2c(o1)CN(S(=O)(=O)c1ccc3c(c1)CCN3C(=O)C1CC1)C2. The maximum atomic E-state index is 13.2. The first-order valence-corrected chi connectivity index (χ1v) is 11.3. The average molecular weight is 427 g/mol. The Hall–Kier alpha value is -2.91. The second-order valence-electron chi connectivity index (χ2n) is 7.83. The highest BCUT2D eigenvalue weighted by Gasteiger charge is 2.38. The monoisotopic (exact) mass is 427 g/mol. The highest BCUT2D eigenvalue weighted by molar-refractivity contribution is 7.89. The van der Waals surface area contributed by atoms with E-state index in [9.17, 15) is 18.0 Å². The maximum absolute atomic E-state index is 13.2. The Bertz CT molecular complexity index is 1160. The molecule has 1 saturated carbocycles. The van der Waals surface area contributed by atoms with Gasteiger partial charge in [0.05, 0.1) is 11.4 Å². The third-order valence-electron chi connectivity index (χ3n) is 5.77. The molecule has 9 heteroatoms. The summed E-state index contributed by atoms with van der Waals surface area (Å²) < 4.78 is 33.3. The molecule has 156 valence electrons. The van der Waals surface area contributed by atoms with Gasteiger partial charge in [0.25, 0.3) is 0 Å². The molecule has 2 aromatic rings. The molecule has 30 heavy (non-hydrogen) atoms. The first-order chi connectivity index (χ1) is 14.4. The number of nitrogens with one attached hydrogen (secondary N) is 1. The van der Waals surface area contributed by atoms with E-state index in [-0.39, 0.29) is 41.6 Å². The summed E-state index contributed by atoms with van der Waals surface area (Å²) in [7, 11) is -3.71. The van der Waals surface area contributed by atoms with Gasteiger partial charge in [-0.2, -0.15) is 4.31 Å². The van der Waals surface area contributed by atoms with E-state index in [1.807, 2.05) is 0 Å². The van der Waals surface area contributed by atoms with Gasteiger partial charge in [-0.15, -0.1) is 0 Å². The van der Waals surface area contributed by atoms with E-state index >= 15 is 0 Å². The van der Waals surface area contributed by atoms with Gasteiger partial charge in [0.2, 0.25) is 21.8 Å². The molecule has 2 aliphatic heterocycles. The fraction of sp³-hybridized carbons (Fsp3) is 0.333. The molecule has 1 aromatic heterocycles. The summed E-state index contributed by atoms with van der Waals surface area (Å²) >= 11 is 0. The molecule has 0 unspecified atom stereocenters. The minimum Gasteiger partial charge on any atom is -0.444 e. The van der Waals surface area contributed by atoms with Crippen LogP contribution in [0.25, 0.3) is 0 Å².